The standard InChI is InChI=1S/C13H19BrN2.ClH/c1-10-7-16(8-11(2)15-10)9-12-3-5-13(14)6-4-12;/h3-6,10-11,15H,7-9H2,1-2H3;1H. The molecule has 1 saturated heterocycles. The third-order valence-electron chi connectivity index (χ3n) is 2.95. The molecule has 1 aliphatic heterocycles. The van der Waals surface area contributed by atoms with Gasteiger partial charge in [-0.1, -0.05) is 28.1 Å². The topological polar surface area (TPSA) is 15.3 Å². The van der Waals surface area contributed by atoms with Gasteiger partial charge in [-0.25, -0.2) is 0 Å². The molecule has 0 bridgehead atoms. The molecule has 1 fully saturated rings. The molecule has 1 heterocycles. The second kappa shape index (κ2) is 6.74. The van der Waals surface area contributed by atoms with Gasteiger partial charge in [-0.3, -0.25) is 4.90 Å². The van der Waals surface area contributed by atoms with Crippen LogP contribution in [0.3, 0.4) is 0 Å². The van der Waals surface area contributed by atoms with Crippen LogP contribution in [0.5, 0.6) is 0 Å². The molecule has 1 aliphatic rings. The van der Waals surface area contributed by atoms with E-state index in [-0.39, 0.29) is 12.4 Å². The van der Waals surface area contributed by atoms with Gasteiger partial charge in [0.15, 0.2) is 0 Å². The van der Waals surface area contributed by atoms with Crippen molar-refractivity contribution in [2.45, 2.75) is 32.5 Å². The molecule has 0 aromatic heterocycles. The molecule has 0 saturated carbocycles. The van der Waals surface area contributed by atoms with Crippen LogP contribution >= 0.6 is 28.3 Å². The highest BCUT2D eigenvalue weighted by molar-refractivity contribution is 9.10. The van der Waals surface area contributed by atoms with Crippen molar-refractivity contribution in [2.24, 2.45) is 0 Å². The monoisotopic (exact) mass is 318 g/mol. The van der Waals surface area contributed by atoms with Crippen LogP contribution in [0.15, 0.2) is 28.7 Å². The van der Waals surface area contributed by atoms with Crippen molar-refractivity contribution in [3.05, 3.63) is 34.3 Å². The maximum Gasteiger partial charge on any atom is 0.0235 e. The number of nitrogens with one attached hydrogen (secondary N) is 1. The summed E-state index contributed by atoms with van der Waals surface area (Å²) in [5, 5.41) is 3.55. The summed E-state index contributed by atoms with van der Waals surface area (Å²) in [4.78, 5) is 2.52. The molecular formula is C13H20BrClN2. The minimum atomic E-state index is 0. The quantitative estimate of drug-likeness (QED) is 0.901. The highest BCUT2D eigenvalue weighted by Crippen LogP contribution is 2.14. The van der Waals surface area contributed by atoms with Crippen molar-refractivity contribution in [1.29, 1.82) is 0 Å². The lowest BCUT2D eigenvalue weighted by atomic mass is 10.1. The van der Waals surface area contributed by atoms with Crippen molar-refractivity contribution in [1.82, 2.24) is 10.2 Å². The molecule has 0 amide bonds. The molecule has 4 heteroatoms. The summed E-state index contributed by atoms with van der Waals surface area (Å²) in [6.07, 6.45) is 0. The number of hydrogen-bond acceptors (Lipinski definition) is 2. The highest BCUT2D eigenvalue weighted by Gasteiger charge is 2.20. The van der Waals surface area contributed by atoms with Crippen molar-refractivity contribution in [2.75, 3.05) is 13.1 Å². The fourth-order valence-corrected chi connectivity index (χ4v) is 2.68. The second-order valence-electron chi connectivity index (χ2n) is 4.79. The summed E-state index contributed by atoms with van der Waals surface area (Å²) in [6, 6.07) is 9.82. The van der Waals surface area contributed by atoms with Gasteiger partial charge in [0.1, 0.15) is 0 Å². The Morgan fingerprint density at radius 1 is 1.18 bits per heavy atom. The van der Waals surface area contributed by atoms with Gasteiger partial charge in [-0.2, -0.15) is 0 Å². The minimum absolute atomic E-state index is 0. The van der Waals surface area contributed by atoms with Crippen molar-refractivity contribution < 1.29 is 0 Å². The summed E-state index contributed by atoms with van der Waals surface area (Å²) < 4.78 is 1.15. The maximum atomic E-state index is 3.55. The Bertz CT molecular complexity index is 332. The van der Waals surface area contributed by atoms with Gasteiger partial charge in [0, 0.05) is 36.2 Å². The molecule has 96 valence electrons. The minimum Gasteiger partial charge on any atom is -0.309 e. The van der Waals surface area contributed by atoms with Crippen LogP contribution in [0.2, 0.25) is 0 Å². The van der Waals surface area contributed by atoms with E-state index in [4.69, 9.17) is 0 Å². The van der Waals surface area contributed by atoms with Gasteiger partial charge < -0.3 is 5.32 Å². The molecule has 1 aromatic carbocycles. The summed E-state index contributed by atoms with van der Waals surface area (Å²) >= 11 is 3.47. The van der Waals surface area contributed by atoms with E-state index in [1.54, 1.807) is 0 Å². The smallest absolute Gasteiger partial charge is 0.0235 e. The number of hydrogen-bond donors (Lipinski definition) is 1. The lowest BCUT2D eigenvalue weighted by Gasteiger charge is -2.36. The number of piperazine rings is 1. The van der Waals surface area contributed by atoms with Gasteiger partial charge in [0.05, 0.1) is 0 Å². The van der Waals surface area contributed by atoms with Gasteiger partial charge in [-0.15, -0.1) is 12.4 Å². The van der Waals surface area contributed by atoms with Crippen molar-refractivity contribution >= 4 is 28.3 Å². The summed E-state index contributed by atoms with van der Waals surface area (Å²) in [5.41, 5.74) is 1.39. The first-order valence-corrected chi connectivity index (χ1v) is 6.65. The number of benzene rings is 1. The van der Waals surface area contributed by atoms with E-state index in [0.29, 0.717) is 12.1 Å². The van der Waals surface area contributed by atoms with Crippen LogP contribution in [-0.2, 0) is 6.54 Å². The van der Waals surface area contributed by atoms with Crippen LogP contribution in [0.4, 0.5) is 0 Å². The lowest BCUT2D eigenvalue weighted by Crippen LogP contribution is -2.53. The molecule has 2 unspecified atom stereocenters. The van der Waals surface area contributed by atoms with Crippen LogP contribution < -0.4 is 5.32 Å². The first kappa shape index (κ1) is 15.0. The van der Waals surface area contributed by atoms with E-state index in [2.05, 4.69) is 64.3 Å². The first-order chi connectivity index (χ1) is 7.63. The van der Waals surface area contributed by atoms with Gasteiger partial charge >= 0.3 is 0 Å². The Labute approximate surface area is 118 Å². The normalized spacial score (nSPS) is 25.4. The zero-order chi connectivity index (χ0) is 11.5. The lowest BCUT2D eigenvalue weighted by molar-refractivity contribution is 0.166. The molecule has 17 heavy (non-hydrogen) atoms. The molecule has 0 radical (unpaired) electrons. The van der Waals surface area contributed by atoms with Gasteiger partial charge in [0.25, 0.3) is 0 Å². The zero-order valence-corrected chi connectivity index (χ0v) is 12.7. The third kappa shape index (κ3) is 4.59. The van der Waals surface area contributed by atoms with Gasteiger partial charge in [0.2, 0.25) is 0 Å². The summed E-state index contributed by atoms with van der Waals surface area (Å²) in [5.74, 6) is 0. The van der Waals surface area contributed by atoms with Crippen LogP contribution in [0.25, 0.3) is 0 Å². The highest BCUT2D eigenvalue weighted by atomic mass is 79.9. The fourth-order valence-electron chi connectivity index (χ4n) is 2.42. The molecule has 2 rings (SSSR count). The average molecular weight is 320 g/mol. The third-order valence-corrected chi connectivity index (χ3v) is 3.48. The molecule has 1 aromatic rings. The molecule has 1 N–H and O–H groups in total. The second-order valence-corrected chi connectivity index (χ2v) is 5.70. The Kier molecular flexibility index (Phi) is 5.93. The summed E-state index contributed by atoms with van der Waals surface area (Å²) in [6.45, 7) is 7.85. The number of nitrogens with zero attached hydrogens (tertiary/aromatic N) is 1. The fraction of sp³-hybridized carbons (Fsp3) is 0.538. The number of rotatable bonds is 2. The predicted octanol–water partition coefficient (Wildman–Crippen LogP) is 3.05. The van der Waals surface area contributed by atoms with Crippen LogP contribution in [0.1, 0.15) is 19.4 Å². The van der Waals surface area contributed by atoms with E-state index >= 15 is 0 Å². The number of halogens is 2. The van der Waals surface area contributed by atoms with Crippen LogP contribution in [0, 0.1) is 0 Å². The Balaban J connectivity index is 0.00000144. The average Bonchev–Trinajstić information content (AvgIpc) is 2.20. The first-order valence-electron chi connectivity index (χ1n) is 5.86. The van der Waals surface area contributed by atoms with E-state index in [0.717, 1.165) is 24.1 Å². The largest absolute Gasteiger partial charge is 0.309 e. The SMILES string of the molecule is CC1CN(Cc2ccc(Br)cc2)CC(C)N1.Cl. The van der Waals surface area contributed by atoms with Gasteiger partial charge in [-0.05, 0) is 31.5 Å². The summed E-state index contributed by atoms with van der Waals surface area (Å²) in [7, 11) is 0. The van der Waals surface area contributed by atoms with Crippen molar-refractivity contribution in [3.8, 4) is 0 Å². The Morgan fingerprint density at radius 3 is 2.24 bits per heavy atom. The van der Waals surface area contributed by atoms with E-state index in [1.165, 1.54) is 5.56 Å². The van der Waals surface area contributed by atoms with E-state index in [1.807, 2.05) is 0 Å². The van der Waals surface area contributed by atoms with E-state index < -0.39 is 0 Å². The maximum absolute atomic E-state index is 3.55. The Morgan fingerprint density at radius 2 is 1.71 bits per heavy atom. The van der Waals surface area contributed by atoms with E-state index in [9.17, 15) is 0 Å². The Hall–Kier alpha value is -0.0900. The van der Waals surface area contributed by atoms with Crippen LogP contribution in [-0.4, -0.2) is 30.1 Å². The molecule has 0 spiro atoms. The zero-order valence-electron chi connectivity index (χ0n) is 10.3. The molecule has 2 atom stereocenters. The molecule has 0 aliphatic carbocycles. The predicted molar refractivity (Wildman–Crippen MR) is 78.7 cm³/mol. The van der Waals surface area contributed by atoms with Crippen molar-refractivity contribution in [3.63, 3.8) is 0 Å². The molecular weight excluding hydrogens is 300 g/mol. The molecule has 2 nitrogen and oxygen atoms in total.